The summed E-state index contributed by atoms with van der Waals surface area (Å²) in [6, 6.07) is 4.69. The Morgan fingerprint density at radius 1 is 1.60 bits per heavy atom. The minimum Gasteiger partial charge on any atom is -0.487 e. The molecule has 1 fully saturated rings. The first-order chi connectivity index (χ1) is 9.47. The molecular weight excluding hydrogens is 261 g/mol. The van der Waals surface area contributed by atoms with Gasteiger partial charge in [0.2, 0.25) is 0 Å². The number of hydrogen-bond acceptors (Lipinski definition) is 3. The van der Waals surface area contributed by atoms with Gasteiger partial charge in [0, 0.05) is 6.42 Å². The molecule has 1 aliphatic carbocycles. The summed E-state index contributed by atoms with van der Waals surface area (Å²) >= 11 is 0. The van der Waals surface area contributed by atoms with Crippen LogP contribution in [-0.4, -0.2) is 29.3 Å². The first kappa shape index (κ1) is 14.8. The van der Waals surface area contributed by atoms with E-state index in [0.29, 0.717) is 25.8 Å². The third-order valence-electron chi connectivity index (χ3n) is 3.77. The highest BCUT2D eigenvalue weighted by Gasteiger charge is 2.46. The summed E-state index contributed by atoms with van der Waals surface area (Å²) in [5.74, 6) is -1.07. The molecule has 0 spiro atoms. The van der Waals surface area contributed by atoms with Crippen LogP contribution in [0.4, 0.5) is 4.39 Å². The summed E-state index contributed by atoms with van der Waals surface area (Å²) in [5.41, 5.74) is -0.0322. The Bertz CT molecular complexity index is 506. The molecule has 1 aromatic carbocycles. The molecule has 0 amide bonds. The van der Waals surface area contributed by atoms with Crippen molar-refractivity contribution in [1.29, 1.82) is 0 Å². The monoisotopic (exact) mass is 281 g/mol. The first-order valence-electron chi connectivity index (χ1n) is 6.88. The van der Waals surface area contributed by atoms with Crippen LogP contribution in [0.15, 0.2) is 18.2 Å². The van der Waals surface area contributed by atoms with Crippen molar-refractivity contribution >= 4 is 5.97 Å². The third kappa shape index (κ3) is 2.93. The van der Waals surface area contributed by atoms with Crippen molar-refractivity contribution in [2.75, 3.05) is 6.54 Å². The van der Waals surface area contributed by atoms with E-state index >= 15 is 0 Å². The molecule has 5 heteroatoms. The van der Waals surface area contributed by atoms with Gasteiger partial charge in [-0.05, 0) is 44.0 Å². The van der Waals surface area contributed by atoms with E-state index in [1.807, 2.05) is 13.8 Å². The van der Waals surface area contributed by atoms with Crippen molar-refractivity contribution in [2.24, 2.45) is 0 Å². The van der Waals surface area contributed by atoms with E-state index in [0.717, 1.165) is 5.56 Å². The number of hydrogen-bond donors (Lipinski definition) is 2. The molecular formula is C15H20FNO3. The fraction of sp³-hybridized carbons (Fsp3) is 0.533. The number of carboxylic acid groups (broad SMARTS) is 1. The topological polar surface area (TPSA) is 58.6 Å². The molecule has 4 nitrogen and oxygen atoms in total. The highest BCUT2D eigenvalue weighted by molar-refractivity contribution is 5.79. The van der Waals surface area contributed by atoms with Crippen LogP contribution < -0.4 is 10.1 Å². The van der Waals surface area contributed by atoms with E-state index in [-0.39, 0.29) is 11.9 Å². The van der Waals surface area contributed by atoms with Crippen molar-refractivity contribution in [3.05, 3.63) is 29.6 Å². The maximum absolute atomic E-state index is 13.7. The standard InChI is InChI=1S/C15H20FNO3/c1-3-17-15(14(18)19)7-6-11(9-15)20-13-8-10(2)4-5-12(13)16/h4-5,8,11,17H,3,6-7,9H2,1-2H3,(H,18,19). The summed E-state index contributed by atoms with van der Waals surface area (Å²) in [4.78, 5) is 11.4. The molecule has 1 aromatic rings. The Hall–Kier alpha value is -1.62. The number of rotatable bonds is 5. The highest BCUT2D eigenvalue weighted by Crippen LogP contribution is 2.34. The molecule has 110 valence electrons. The second-order valence-electron chi connectivity index (χ2n) is 5.33. The Labute approximate surface area is 117 Å². The summed E-state index contributed by atoms with van der Waals surface area (Å²) in [7, 11) is 0. The van der Waals surface area contributed by atoms with Crippen LogP contribution in [0.1, 0.15) is 31.7 Å². The van der Waals surface area contributed by atoms with E-state index < -0.39 is 17.3 Å². The summed E-state index contributed by atoms with van der Waals surface area (Å²) < 4.78 is 19.3. The lowest BCUT2D eigenvalue weighted by atomic mass is 9.98. The number of likely N-dealkylation sites (N-methyl/N-ethyl adjacent to an activating group) is 1. The van der Waals surface area contributed by atoms with Gasteiger partial charge in [-0.15, -0.1) is 0 Å². The lowest BCUT2D eigenvalue weighted by molar-refractivity contribution is -0.144. The maximum Gasteiger partial charge on any atom is 0.324 e. The van der Waals surface area contributed by atoms with Gasteiger partial charge >= 0.3 is 5.97 Å². The van der Waals surface area contributed by atoms with E-state index in [2.05, 4.69) is 5.32 Å². The molecule has 0 saturated heterocycles. The van der Waals surface area contributed by atoms with Crippen LogP contribution in [0.3, 0.4) is 0 Å². The molecule has 0 aliphatic heterocycles. The Balaban J connectivity index is 2.09. The number of aliphatic carboxylic acids is 1. The second-order valence-corrected chi connectivity index (χ2v) is 5.33. The molecule has 2 rings (SSSR count). The average molecular weight is 281 g/mol. The molecule has 2 N–H and O–H groups in total. The summed E-state index contributed by atoms with van der Waals surface area (Å²) in [5, 5.41) is 12.4. The minimum absolute atomic E-state index is 0.202. The van der Waals surface area contributed by atoms with Crippen molar-refractivity contribution in [2.45, 2.75) is 44.8 Å². The number of ether oxygens (including phenoxy) is 1. The first-order valence-corrected chi connectivity index (χ1v) is 6.88. The van der Waals surface area contributed by atoms with Gasteiger partial charge < -0.3 is 15.2 Å². The van der Waals surface area contributed by atoms with E-state index in [4.69, 9.17) is 4.74 Å². The Morgan fingerprint density at radius 2 is 2.35 bits per heavy atom. The van der Waals surface area contributed by atoms with E-state index in [1.165, 1.54) is 6.07 Å². The molecule has 0 bridgehead atoms. The zero-order valence-corrected chi connectivity index (χ0v) is 11.8. The van der Waals surface area contributed by atoms with Crippen LogP contribution >= 0.6 is 0 Å². The molecule has 2 unspecified atom stereocenters. The summed E-state index contributed by atoms with van der Waals surface area (Å²) in [6.45, 7) is 4.32. The van der Waals surface area contributed by atoms with Gasteiger partial charge in [0.1, 0.15) is 11.6 Å². The SMILES string of the molecule is CCNC1(C(=O)O)CCC(Oc2cc(C)ccc2F)C1. The average Bonchev–Trinajstić information content (AvgIpc) is 2.79. The molecule has 1 saturated carbocycles. The number of halogens is 1. The molecule has 0 heterocycles. The Kier molecular flexibility index (Phi) is 4.28. The zero-order chi connectivity index (χ0) is 14.8. The summed E-state index contributed by atoms with van der Waals surface area (Å²) in [6.07, 6.45) is 1.17. The number of carboxylic acids is 1. The van der Waals surface area contributed by atoms with Crippen molar-refractivity contribution in [1.82, 2.24) is 5.32 Å². The van der Waals surface area contributed by atoms with Crippen LogP contribution in [-0.2, 0) is 4.79 Å². The quantitative estimate of drug-likeness (QED) is 0.870. The molecule has 1 aliphatic rings. The second kappa shape index (κ2) is 5.79. The lowest BCUT2D eigenvalue weighted by Crippen LogP contribution is -2.50. The van der Waals surface area contributed by atoms with E-state index in [1.54, 1.807) is 12.1 Å². The maximum atomic E-state index is 13.7. The van der Waals surface area contributed by atoms with Crippen molar-refractivity contribution < 1.29 is 19.0 Å². The van der Waals surface area contributed by atoms with Gasteiger partial charge in [0.15, 0.2) is 11.6 Å². The largest absolute Gasteiger partial charge is 0.487 e. The molecule has 0 radical (unpaired) electrons. The van der Waals surface area contributed by atoms with Crippen molar-refractivity contribution in [3.8, 4) is 5.75 Å². The molecule has 20 heavy (non-hydrogen) atoms. The fourth-order valence-electron chi connectivity index (χ4n) is 2.75. The van der Waals surface area contributed by atoms with Gasteiger partial charge in [-0.3, -0.25) is 4.79 Å². The van der Waals surface area contributed by atoms with Crippen LogP contribution in [0.2, 0.25) is 0 Å². The minimum atomic E-state index is -0.945. The fourth-order valence-corrected chi connectivity index (χ4v) is 2.75. The van der Waals surface area contributed by atoms with Crippen LogP contribution in [0.5, 0.6) is 5.75 Å². The van der Waals surface area contributed by atoms with E-state index in [9.17, 15) is 14.3 Å². The highest BCUT2D eigenvalue weighted by atomic mass is 19.1. The predicted octanol–water partition coefficient (Wildman–Crippen LogP) is 2.50. The van der Waals surface area contributed by atoms with Gasteiger partial charge in [-0.2, -0.15) is 0 Å². The number of aryl methyl sites for hydroxylation is 1. The van der Waals surface area contributed by atoms with Crippen LogP contribution in [0.25, 0.3) is 0 Å². The molecule has 2 atom stereocenters. The van der Waals surface area contributed by atoms with Gasteiger partial charge in [-0.1, -0.05) is 13.0 Å². The van der Waals surface area contributed by atoms with Crippen LogP contribution in [0, 0.1) is 12.7 Å². The number of carbonyl (C=O) groups is 1. The van der Waals surface area contributed by atoms with Gasteiger partial charge in [0.25, 0.3) is 0 Å². The third-order valence-corrected chi connectivity index (χ3v) is 3.77. The Morgan fingerprint density at radius 3 is 3.00 bits per heavy atom. The number of nitrogens with one attached hydrogen (secondary N) is 1. The number of benzene rings is 1. The predicted molar refractivity (Wildman–Crippen MR) is 73.4 cm³/mol. The van der Waals surface area contributed by atoms with Crippen molar-refractivity contribution in [3.63, 3.8) is 0 Å². The lowest BCUT2D eigenvalue weighted by Gasteiger charge is -2.25. The normalized spacial score (nSPS) is 25.6. The van der Waals surface area contributed by atoms with Gasteiger partial charge in [0.05, 0.1) is 0 Å². The zero-order valence-electron chi connectivity index (χ0n) is 11.8. The smallest absolute Gasteiger partial charge is 0.324 e. The van der Waals surface area contributed by atoms with Gasteiger partial charge in [-0.25, -0.2) is 4.39 Å². The molecule has 0 aromatic heterocycles.